The molecule has 1 atom stereocenters. The normalized spacial score (nSPS) is 12.5. The monoisotopic (exact) mass is 378 g/mol. The van der Waals surface area contributed by atoms with Crippen molar-refractivity contribution in [3.63, 3.8) is 0 Å². The summed E-state index contributed by atoms with van der Waals surface area (Å²) < 4.78 is 35.1. The van der Waals surface area contributed by atoms with Crippen molar-refractivity contribution in [2.45, 2.75) is 19.1 Å². The first-order chi connectivity index (χ1) is 9.99. The molecule has 0 saturated carbocycles. The van der Waals surface area contributed by atoms with Crippen molar-refractivity contribution in [2.75, 3.05) is 7.11 Å². The van der Waals surface area contributed by atoms with Crippen LogP contribution in [-0.4, -0.2) is 18.8 Å². The third-order valence-electron chi connectivity index (χ3n) is 2.80. The summed E-state index contributed by atoms with van der Waals surface area (Å²) in [7, 11) is 1.37. The van der Waals surface area contributed by atoms with E-state index in [1.807, 2.05) is 11.4 Å². The minimum Gasteiger partial charge on any atom is -0.493 e. The number of methoxy groups -OCH3 is 1. The largest absolute Gasteiger partial charge is 0.493 e. The number of benzene rings is 1. The zero-order chi connectivity index (χ0) is 15.4. The number of alkyl halides is 2. The molecule has 0 spiro atoms. The minimum atomic E-state index is -2.94. The molecule has 0 aliphatic carbocycles. The van der Waals surface area contributed by atoms with Crippen molar-refractivity contribution in [1.29, 1.82) is 0 Å². The summed E-state index contributed by atoms with van der Waals surface area (Å²) in [4.78, 5) is 0.988. The molecule has 114 valence electrons. The fourth-order valence-electron chi connectivity index (χ4n) is 1.86. The average Bonchev–Trinajstić information content (AvgIpc) is 2.83. The molecule has 0 aliphatic heterocycles. The minimum absolute atomic E-state index is 0.0867. The lowest BCUT2D eigenvalue weighted by atomic mass is 10.1. The predicted octanol–water partition coefficient (Wildman–Crippen LogP) is 4.40. The Morgan fingerprint density at radius 3 is 2.62 bits per heavy atom. The molecule has 21 heavy (non-hydrogen) atoms. The van der Waals surface area contributed by atoms with E-state index in [1.165, 1.54) is 30.6 Å². The van der Waals surface area contributed by atoms with Crippen LogP contribution in [0, 0.1) is 0 Å². The second-order valence-corrected chi connectivity index (χ2v) is 6.15. The van der Waals surface area contributed by atoms with E-state index in [-0.39, 0.29) is 11.5 Å². The Kier molecular flexibility index (Phi) is 5.55. The third kappa shape index (κ3) is 4.39. The molecule has 2 rings (SSSR count). The fraction of sp³-hybridized carbons (Fsp3) is 0.286. The van der Waals surface area contributed by atoms with Crippen molar-refractivity contribution < 1.29 is 23.4 Å². The van der Waals surface area contributed by atoms with E-state index < -0.39 is 12.7 Å². The van der Waals surface area contributed by atoms with Crippen molar-refractivity contribution in [2.24, 2.45) is 0 Å². The van der Waals surface area contributed by atoms with Crippen molar-refractivity contribution in [3.05, 3.63) is 44.6 Å². The zero-order valence-corrected chi connectivity index (χ0v) is 13.5. The van der Waals surface area contributed by atoms with Gasteiger partial charge in [-0.1, -0.05) is 6.07 Å². The van der Waals surface area contributed by atoms with Gasteiger partial charge in [0, 0.05) is 21.2 Å². The van der Waals surface area contributed by atoms with E-state index in [0.717, 1.165) is 9.35 Å². The van der Waals surface area contributed by atoms with Gasteiger partial charge in [-0.2, -0.15) is 8.78 Å². The number of hydrogen-bond acceptors (Lipinski definition) is 4. The van der Waals surface area contributed by atoms with E-state index >= 15 is 0 Å². The molecule has 0 amide bonds. The van der Waals surface area contributed by atoms with Gasteiger partial charge in [0.15, 0.2) is 11.5 Å². The van der Waals surface area contributed by atoms with Gasteiger partial charge in [0.1, 0.15) is 0 Å². The van der Waals surface area contributed by atoms with Crippen LogP contribution in [0.4, 0.5) is 8.78 Å². The molecule has 0 aliphatic rings. The first-order valence-corrected chi connectivity index (χ1v) is 7.70. The molecule has 0 radical (unpaired) electrons. The Balaban J connectivity index is 2.18. The van der Waals surface area contributed by atoms with Crippen LogP contribution >= 0.6 is 27.3 Å². The van der Waals surface area contributed by atoms with Gasteiger partial charge in [0.2, 0.25) is 0 Å². The summed E-state index contributed by atoms with van der Waals surface area (Å²) in [5.74, 6) is 0.113. The highest BCUT2D eigenvalue weighted by molar-refractivity contribution is 9.10. The molecule has 2 aromatic rings. The third-order valence-corrected chi connectivity index (χ3v) is 4.52. The Morgan fingerprint density at radius 2 is 2.05 bits per heavy atom. The summed E-state index contributed by atoms with van der Waals surface area (Å²) in [6.45, 7) is -2.94. The SMILES string of the molecule is COc1ccc(C(O)Cc2cc(Br)cs2)cc1OC(F)F. The van der Waals surface area contributed by atoms with Crippen LogP contribution in [0.3, 0.4) is 0 Å². The number of aliphatic hydroxyl groups excluding tert-OH is 1. The van der Waals surface area contributed by atoms with Gasteiger partial charge >= 0.3 is 6.61 Å². The molecule has 1 unspecified atom stereocenters. The smallest absolute Gasteiger partial charge is 0.387 e. The van der Waals surface area contributed by atoms with E-state index in [2.05, 4.69) is 20.7 Å². The molecule has 0 fully saturated rings. The highest BCUT2D eigenvalue weighted by Crippen LogP contribution is 2.33. The fourth-order valence-corrected chi connectivity index (χ4v) is 3.35. The van der Waals surface area contributed by atoms with Gasteiger partial charge in [0.05, 0.1) is 13.2 Å². The molecule has 1 N–H and O–H groups in total. The molecule has 3 nitrogen and oxygen atoms in total. The first-order valence-electron chi connectivity index (χ1n) is 6.03. The number of halogens is 3. The van der Waals surface area contributed by atoms with Crippen LogP contribution in [-0.2, 0) is 6.42 Å². The summed E-state index contributed by atoms with van der Waals surface area (Å²) in [5.41, 5.74) is 0.496. The summed E-state index contributed by atoms with van der Waals surface area (Å²) in [5, 5.41) is 12.1. The zero-order valence-electron chi connectivity index (χ0n) is 11.1. The van der Waals surface area contributed by atoms with Gasteiger partial charge in [0.25, 0.3) is 0 Å². The maximum Gasteiger partial charge on any atom is 0.387 e. The standard InChI is InChI=1S/C14H13BrF2O3S/c1-19-12-3-2-8(4-13(12)20-14(16)17)11(18)6-10-5-9(15)7-21-10/h2-5,7,11,14,18H,6H2,1H3. The summed E-state index contributed by atoms with van der Waals surface area (Å²) in [6.07, 6.45) is -0.405. The van der Waals surface area contributed by atoms with Crippen LogP contribution < -0.4 is 9.47 Å². The Labute approximate surface area is 133 Å². The number of ether oxygens (including phenoxy) is 2. The maximum atomic E-state index is 12.4. The molecule has 7 heteroatoms. The van der Waals surface area contributed by atoms with Gasteiger partial charge < -0.3 is 14.6 Å². The lowest BCUT2D eigenvalue weighted by Crippen LogP contribution is -2.06. The molecule has 1 aromatic carbocycles. The van der Waals surface area contributed by atoms with Gasteiger partial charge in [-0.25, -0.2) is 0 Å². The van der Waals surface area contributed by atoms with Crippen LogP contribution in [0.25, 0.3) is 0 Å². The Bertz CT molecular complexity index is 604. The van der Waals surface area contributed by atoms with Crippen LogP contribution in [0.1, 0.15) is 16.5 Å². The van der Waals surface area contributed by atoms with Crippen molar-refractivity contribution in [3.8, 4) is 11.5 Å². The number of aliphatic hydroxyl groups is 1. The van der Waals surface area contributed by atoms with Crippen LogP contribution in [0.5, 0.6) is 11.5 Å². The molecule has 1 heterocycles. The van der Waals surface area contributed by atoms with E-state index in [0.29, 0.717) is 12.0 Å². The van der Waals surface area contributed by atoms with Crippen molar-refractivity contribution >= 4 is 27.3 Å². The van der Waals surface area contributed by atoms with Gasteiger partial charge in [-0.3, -0.25) is 0 Å². The number of rotatable bonds is 6. The lowest BCUT2D eigenvalue weighted by Gasteiger charge is -2.14. The van der Waals surface area contributed by atoms with Crippen molar-refractivity contribution in [1.82, 2.24) is 0 Å². The van der Waals surface area contributed by atoms with Gasteiger partial charge in [-0.05, 0) is 39.7 Å². The van der Waals surface area contributed by atoms with E-state index in [1.54, 1.807) is 6.07 Å². The molecular weight excluding hydrogens is 366 g/mol. The molecule has 0 saturated heterocycles. The van der Waals surface area contributed by atoms with E-state index in [9.17, 15) is 13.9 Å². The Hall–Kier alpha value is -1.18. The maximum absolute atomic E-state index is 12.4. The quantitative estimate of drug-likeness (QED) is 0.809. The molecule has 0 bridgehead atoms. The van der Waals surface area contributed by atoms with E-state index in [4.69, 9.17) is 4.74 Å². The van der Waals surface area contributed by atoms with Gasteiger partial charge in [-0.15, -0.1) is 11.3 Å². The summed E-state index contributed by atoms with van der Waals surface area (Å²) >= 11 is 4.86. The number of hydrogen-bond donors (Lipinski definition) is 1. The second kappa shape index (κ2) is 7.20. The lowest BCUT2D eigenvalue weighted by molar-refractivity contribution is -0.0513. The summed E-state index contributed by atoms with van der Waals surface area (Å²) in [6, 6.07) is 6.41. The second-order valence-electron chi connectivity index (χ2n) is 4.24. The van der Waals surface area contributed by atoms with Crippen LogP contribution in [0.15, 0.2) is 34.1 Å². The topological polar surface area (TPSA) is 38.7 Å². The Morgan fingerprint density at radius 1 is 1.29 bits per heavy atom. The predicted molar refractivity (Wildman–Crippen MR) is 80.3 cm³/mol. The van der Waals surface area contributed by atoms with Crippen LogP contribution in [0.2, 0.25) is 0 Å². The molecule has 1 aromatic heterocycles. The first kappa shape index (κ1) is 16.2. The number of thiophene rings is 1. The highest BCUT2D eigenvalue weighted by Gasteiger charge is 2.16. The average molecular weight is 379 g/mol. The highest BCUT2D eigenvalue weighted by atomic mass is 79.9. The molecular formula is C14H13BrF2O3S.